The maximum absolute atomic E-state index is 5.27. The molecule has 0 aliphatic carbocycles. The Morgan fingerprint density at radius 1 is 1.27 bits per heavy atom. The van der Waals surface area contributed by atoms with Gasteiger partial charge in [0.15, 0.2) is 0 Å². The normalized spacial score (nSPS) is 21.9. The molecule has 0 amide bonds. The van der Waals surface area contributed by atoms with Gasteiger partial charge in [0.1, 0.15) is 0 Å². The third-order valence-corrected chi connectivity index (χ3v) is 4.20. The van der Waals surface area contributed by atoms with Gasteiger partial charge in [0.25, 0.3) is 0 Å². The van der Waals surface area contributed by atoms with Crippen molar-refractivity contribution in [1.82, 2.24) is 10.6 Å². The predicted octanol–water partition coefficient (Wildman–Crippen LogP) is 4.19. The standard InChI is InChI=1S/C20H34N2/c1-7-9-10-12-17(8-2)13-11-14-21-18-15-19(3,4)22-20(5,6)16-18/h1,8,10,12,18,21-22H,9,11,13-16H2,2-6H3/b12-10-,17-8+. The quantitative estimate of drug-likeness (QED) is 0.418. The zero-order valence-corrected chi connectivity index (χ0v) is 15.1. The highest BCUT2D eigenvalue weighted by atomic mass is 15.1. The van der Waals surface area contributed by atoms with Crippen LogP contribution in [0.5, 0.6) is 0 Å². The largest absolute Gasteiger partial charge is 0.314 e. The van der Waals surface area contributed by atoms with E-state index in [1.165, 1.54) is 24.8 Å². The maximum atomic E-state index is 5.27. The smallest absolute Gasteiger partial charge is 0.0270 e. The molecule has 0 unspecified atom stereocenters. The van der Waals surface area contributed by atoms with E-state index in [0.29, 0.717) is 6.04 Å². The first-order valence-corrected chi connectivity index (χ1v) is 8.56. The van der Waals surface area contributed by atoms with Gasteiger partial charge in [0, 0.05) is 23.5 Å². The second-order valence-electron chi connectivity index (χ2n) is 7.73. The van der Waals surface area contributed by atoms with Gasteiger partial charge in [-0.1, -0.05) is 23.8 Å². The highest BCUT2D eigenvalue weighted by Crippen LogP contribution is 2.28. The van der Waals surface area contributed by atoms with Gasteiger partial charge in [-0.25, -0.2) is 0 Å². The van der Waals surface area contributed by atoms with Gasteiger partial charge in [-0.05, 0) is 66.8 Å². The molecule has 0 aromatic rings. The van der Waals surface area contributed by atoms with Crippen molar-refractivity contribution >= 4 is 0 Å². The Bertz CT molecular complexity index is 419. The molecule has 2 heteroatoms. The molecule has 0 spiro atoms. The molecule has 1 saturated heterocycles. The van der Waals surface area contributed by atoms with Crippen molar-refractivity contribution in [2.24, 2.45) is 0 Å². The summed E-state index contributed by atoms with van der Waals surface area (Å²) in [6.45, 7) is 12.4. The van der Waals surface area contributed by atoms with Crippen molar-refractivity contribution in [3.05, 3.63) is 23.8 Å². The van der Waals surface area contributed by atoms with E-state index >= 15 is 0 Å². The first-order valence-electron chi connectivity index (χ1n) is 8.56. The number of rotatable bonds is 7. The summed E-state index contributed by atoms with van der Waals surface area (Å²) >= 11 is 0. The molecule has 2 N–H and O–H groups in total. The molecule has 0 atom stereocenters. The van der Waals surface area contributed by atoms with E-state index in [0.717, 1.165) is 19.4 Å². The van der Waals surface area contributed by atoms with Crippen molar-refractivity contribution in [2.75, 3.05) is 6.54 Å². The van der Waals surface area contributed by atoms with E-state index < -0.39 is 0 Å². The first-order chi connectivity index (χ1) is 10.3. The van der Waals surface area contributed by atoms with E-state index in [-0.39, 0.29) is 11.1 Å². The molecular weight excluding hydrogens is 268 g/mol. The number of hydrogen-bond acceptors (Lipinski definition) is 2. The van der Waals surface area contributed by atoms with Crippen LogP contribution < -0.4 is 10.6 Å². The van der Waals surface area contributed by atoms with Crippen LogP contribution >= 0.6 is 0 Å². The second-order valence-corrected chi connectivity index (χ2v) is 7.73. The minimum Gasteiger partial charge on any atom is -0.314 e. The SMILES string of the molecule is C#CC/C=C\C(=C/C)CCCNC1CC(C)(C)NC(C)(C)C1. The number of piperidine rings is 1. The lowest BCUT2D eigenvalue weighted by Gasteiger charge is -2.46. The van der Waals surface area contributed by atoms with Crippen molar-refractivity contribution in [2.45, 2.75) is 83.8 Å². The molecule has 2 nitrogen and oxygen atoms in total. The number of hydrogen-bond donors (Lipinski definition) is 2. The summed E-state index contributed by atoms with van der Waals surface area (Å²) in [4.78, 5) is 0. The molecule has 1 aliphatic heterocycles. The van der Waals surface area contributed by atoms with Gasteiger partial charge in [-0.3, -0.25) is 0 Å². The third kappa shape index (κ3) is 7.29. The lowest BCUT2D eigenvalue weighted by Crippen LogP contribution is -2.61. The molecule has 124 valence electrons. The van der Waals surface area contributed by atoms with Crippen LogP contribution in [-0.2, 0) is 0 Å². The Hall–Kier alpha value is -1.04. The molecule has 1 rings (SSSR count). The minimum absolute atomic E-state index is 0.214. The Balaban J connectivity index is 2.33. The van der Waals surface area contributed by atoms with Crippen LogP contribution in [0.4, 0.5) is 0 Å². The molecule has 0 saturated carbocycles. The summed E-state index contributed by atoms with van der Waals surface area (Å²) in [6.07, 6.45) is 17.1. The minimum atomic E-state index is 0.214. The Kier molecular flexibility index (Phi) is 7.39. The van der Waals surface area contributed by atoms with Crippen molar-refractivity contribution in [3.63, 3.8) is 0 Å². The number of nitrogens with one attached hydrogen (secondary N) is 2. The molecule has 0 bridgehead atoms. The van der Waals surface area contributed by atoms with E-state index in [9.17, 15) is 0 Å². The first kappa shape index (κ1) is 19.0. The zero-order chi connectivity index (χ0) is 16.6. The van der Waals surface area contributed by atoms with Crippen LogP contribution in [0.2, 0.25) is 0 Å². The number of terminal acetylenes is 1. The lowest BCUT2D eigenvalue weighted by molar-refractivity contribution is 0.146. The Morgan fingerprint density at radius 3 is 2.45 bits per heavy atom. The maximum Gasteiger partial charge on any atom is 0.0270 e. The predicted molar refractivity (Wildman–Crippen MR) is 97.9 cm³/mol. The van der Waals surface area contributed by atoms with E-state index in [1.807, 2.05) is 0 Å². The van der Waals surface area contributed by atoms with Gasteiger partial charge in [0.05, 0.1) is 0 Å². The summed E-state index contributed by atoms with van der Waals surface area (Å²) in [5.74, 6) is 2.64. The second kappa shape index (κ2) is 8.56. The van der Waals surface area contributed by atoms with E-state index in [2.05, 4.69) is 69.4 Å². The van der Waals surface area contributed by atoms with Gasteiger partial charge in [0.2, 0.25) is 0 Å². The van der Waals surface area contributed by atoms with Crippen LogP contribution in [0.25, 0.3) is 0 Å². The fraction of sp³-hybridized carbons (Fsp3) is 0.700. The van der Waals surface area contributed by atoms with Gasteiger partial charge >= 0.3 is 0 Å². The lowest BCUT2D eigenvalue weighted by atomic mass is 9.79. The molecule has 0 aromatic heterocycles. The molecule has 1 aliphatic rings. The summed E-state index contributed by atoms with van der Waals surface area (Å²) in [6, 6.07) is 0.609. The molecule has 0 aromatic carbocycles. The van der Waals surface area contributed by atoms with Crippen molar-refractivity contribution in [3.8, 4) is 12.3 Å². The highest BCUT2D eigenvalue weighted by Gasteiger charge is 2.37. The Morgan fingerprint density at radius 2 is 1.91 bits per heavy atom. The summed E-state index contributed by atoms with van der Waals surface area (Å²) in [7, 11) is 0. The van der Waals surface area contributed by atoms with Crippen LogP contribution in [0.15, 0.2) is 23.8 Å². The summed E-state index contributed by atoms with van der Waals surface area (Å²) in [5, 5.41) is 7.49. The van der Waals surface area contributed by atoms with Crippen molar-refractivity contribution in [1.29, 1.82) is 0 Å². The van der Waals surface area contributed by atoms with E-state index in [4.69, 9.17) is 6.42 Å². The van der Waals surface area contributed by atoms with Crippen LogP contribution in [-0.4, -0.2) is 23.7 Å². The highest BCUT2D eigenvalue weighted by molar-refractivity contribution is 5.19. The van der Waals surface area contributed by atoms with Gasteiger partial charge < -0.3 is 10.6 Å². The summed E-state index contributed by atoms with van der Waals surface area (Å²) < 4.78 is 0. The van der Waals surface area contributed by atoms with Crippen molar-refractivity contribution < 1.29 is 0 Å². The average Bonchev–Trinajstić information content (AvgIpc) is 2.38. The number of allylic oxidation sites excluding steroid dienone is 4. The third-order valence-electron chi connectivity index (χ3n) is 4.20. The monoisotopic (exact) mass is 302 g/mol. The van der Waals surface area contributed by atoms with Gasteiger partial charge in [-0.15, -0.1) is 12.3 Å². The van der Waals surface area contributed by atoms with Crippen LogP contribution in [0.1, 0.15) is 66.7 Å². The fourth-order valence-electron chi connectivity index (χ4n) is 3.67. The van der Waals surface area contributed by atoms with Crippen LogP contribution in [0.3, 0.4) is 0 Å². The summed E-state index contributed by atoms with van der Waals surface area (Å²) in [5.41, 5.74) is 1.81. The molecule has 0 radical (unpaired) electrons. The topological polar surface area (TPSA) is 24.1 Å². The fourth-order valence-corrected chi connectivity index (χ4v) is 3.67. The van der Waals surface area contributed by atoms with E-state index in [1.54, 1.807) is 0 Å². The molecule has 22 heavy (non-hydrogen) atoms. The molecule has 1 heterocycles. The zero-order valence-electron chi connectivity index (χ0n) is 15.1. The van der Waals surface area contributed by atoms with Gasteiger partial charge in [-0.2, -0.15) is 0 Å². The molecular formula is C20H34N2. The average molecular weight is 303 g/mol. The van der Waals surface area contributed by atoms with Crippen LogP contribution in [0, 0.1) is 12.3 Å². The Labute approximate surface area is 137 Å². The molecule has 1 fully saturated rings.